The Hall–Kier alpha value is -2.40. The van der Waals surface area contributed by atoms with Crippen molar-refractivity contribution in [3.63, 3.8) is 0 Å². The van der Waals surface area contributed by atoms with Crippen molar-refractivity contribution in [2.45, 2.75) is 31.3 Å². The molecular weight excluding hydrogens is 332 g/mol. The van der Waals surface area contributed by atoms with Gasteiger partial charge in [-0.05, 0) is 56.2 Å². The molecule has 0 N–H and O–H groups in total. The number of benzene rings is 1. The highest BCUT2D eigenvalue weighted by atomic mass is 32.2. The van der Waals surface area contributed by atoms with Crippen LogP contribution in [0.4, 0.5) is 5.69 Å². The van der Waals surface area contributed by atoms with Crippen molar-refractivity contribution in [2.75, 3.05) is 10.7 Å². The summed E-state index contributed by atoms with van der Waals surface area (Å²) in [5.74, 6) is -0.0911. The fourth-order valence-electron chi connectivity index (χ4n) is 3.58. The van der Waals surface area contributed by atoms with Crippen LogP contribution in [0.2, 0.25) is 0 Å². The number of hydrogen-bond donors (Lipinski definition) is 0. The molecule has 2 aromatic rings. The maximum Gasteiger partial charge on any atom is 0.300 e. The number of rotatable bonds is 3. The molecule has 0 unspecified atom stereocenters. The Balaban J connectivity index is 1.80. The number of hydrogen-bond acceptors (Lipinski definition) is 4. The highest BCUT2D eigenvalue weighted by Gasteiger charge is 2.47. The number of amides is 1. The van der Waals surface area contributed by atoms with E-state index in [-0.39, 0.29) is 0 Å². The SMILES string of the molecule is Cc1cc2c3c(c1)C(CSc1ccccn1)=CC(C)(C)N3C(=O)C2=O. The lowest BCUT2D eigenvalue weighted by Gasteiger charge is -2.39. The van der Waals surface area contributed by atoms with Crippen molar-refractivity contribution in [3.8, 4) is 0 Å². The minimum absolute atomic E-state index is 0.403. The monoisotopic (exact) mass is 350 g/mol. The molecule has 25 heavy (non-hydrogen) atoms. The molecule has 0 saturated heterocycles. The number of Topliss-reactive ketones (excluding diaryl/α,β-unsaturated/α-hetero) is 1. The summed E-state index contributed by atoms with van der Waals surface area (Å²) in [5, 5.41) is 0.958. The molecule has 2 aliphatic rings. The van der Waals surface area contributed by atoms with E-state index in [2.05, 4.69) is 17.1 Å². The van der Waals surface area contributed by atoms with Crippen LogP contribution >= 0.6 is 11.8 Å². The molecule has 1 amide bonds. The average Bonchev–Trinajstić information content (AvgIpc) is 2.83. The van der Waals surface area contributed by atoms with Crippen molar-refractivity contribution in [1.82, 2.24) is 4.98 Å². The van der Waals surface area contributed by atoms with E-state index in [1.165, 1.54) is 0 Å². The molecule has 0 atom stereocenters. The molecule has 4 nitrogen and oxygen atoms in total. The number of aryl methyl sites for hydroxylation is 1. The molecule has 0 radical (unpaired) electrons. The van der Waals surface area contributed by atoms with E-state index < -0.39 is 17.2 Å². The molecule has 2 aliphatic heterocycles. The van der Waals surface area contributed by atoms with Gasteiger partial charge in [-0.1, -0.05) is 12.1 Å². The molecule has 0 spiro atoms. The van der Waals surface area contributed by atoms with E-state index in [0.717, 1.165) is 33.2 Å². The summed E-state index contributed by atoms with van der Waals surface area (Å²) >= 11 is 1.66. The van der Waals surface area contributed by atoms with Gasteiger partial charge >= 0.3 is 0 Å². The van der Waals surface area contributed by atoms with Gasteiger partial charge in [0.15, 0.2) is 0 Å². The lowest BCUT2D eigenvalue weighted by atomic mass is 9.88. The Labute approximate surface area is 150 Å². The van der Waals surface area contributed by atoms with E-state index in [4.69, 9.17) is 0 Å². The number of ketones is 1. The average molecular weight is 350 g/mol. The Morgan fingerprint density at radius 3 is 2.64 bits per heavy atom. The molecule has 0 fully saturated rings. The molecule has 0 saturated carbocycles. The van der Waals surface area contributed by atoms with Crippen LogP contribution in [0.3, 0.4) is 0 Å². The lowest BCUT2D eigenvalue weighted by molar-refractivity contribution is -0.115. The summed E-state index contributed by atoms with van der Waals surface area (Å²) in [7, 11) is 0. The minimum atomic E-state index is -0.528. The predicted molar refractivity (Wildman–Crippen MR) is 100 cm³/mol. The third-order valence-electron chi connectivity index (χ3n) is 4.58. The number of pyridine rings is 1. The standard InChI is InChI=1S/C20H18N2O2S/c1-12-8-14-13(11-25-16-6-4-5-7-21-16)10-20(2,3)22-17(14)15(9-12)18(23)19(22)24/h4-10H,11H2,1-3H3. The Kier molecular flexibility index (Phi) is 3.58. The first-order valence-electron chi connectivity index (χ1n) is 8.18. The number of aromatic nitrogens is 1. The number of carbonyl (C=O) groups is 2. The van der Waals surface area contributed by atoms with E-state index in [1.54, 1.807) is 22.9 Å². The van der Waals surface area contributed by atoms with Crippen LogP contribution in [-0.2, 0) is 4.79 Å². The lowest BCUT2D eigenvalue weighted by Crippen LogP contribution is -2.47. The Bertz CT molecular complexity index is 932. The van der Waals surface area contributed by atoms with Crippen LogP contribution in [0, 0.1) is 6.92 Å². The summed E-state index contributed by atoms with van der Waals surface area (Å²) < 4.78 is 0. The molecule has 0 aliphatic carbocycles. The van der Waals surface area contributed by atoms with Gasteiger partial charge in [-0.15, -0.1) is 11.8 Å². The zero-order valence-electron chi connectivity index (χ0n) is 14.4. The summed E-state index contributed by atoms with van der Waals surface area (Å²) in [4.78, 5) is 31.0. The molecule has 1 aromatic heterocycles. The maximum atomic E-state index is 12.5. The smallest absolute Gasteiger partial charge is 0.295 e. The van der Waals surface area contributed by atoms with E-state index in [9.17, 15) is 9.59 Å². The van der Waals surface area contributed by atoms with Crippen LogP contribution in [0.1, 0.15) is 35.3 Å². The van der Waals surface area contributed by atoms with Gasteiger partial charge < -0.3 is 0 Å². The molecule has 126 valence electrons. The van der Waals surface area contributed by atoms with Crippen molar-refractivity contribution in [3.05, 3.63) is 59.3 Å². The van der Waals surface area contributed by atoms with Gasteiger partial charge in [0.1, 0.15) is 0 Å². The molecule has 0 bridgehead atoms. The third kappa shape index (κ3) is 2.50. The van der Waals surface area contributed by atoms with Crippen molar-refractivity contribution >= 4 is 34.7 Å². The van der Waals surface area contributed by atoms with Gasteiger partial charge in [0.05, 0.1) is 21.8 Å². The van der Waals surface area contributed by atoms with Gasteiger partial charge in [0.25, 0.3) is 11.7 Å². The van der Waals surface area contributed by atoms with Gasteiger partial charge in [-0.2, -0.15) is 0 Å². The van der Waals surface area contributed by atoms with Gasteiger partial charge in [0.2, 0.25) is 0 Å². The quantitative estimate of drug-likeness (QED) is 0.622. The number of nitrogens with zero attached hydrogens (tertiary/aromatic N) is 2. The summed E-state index contributed by atoms with van der Waals surface area (Å²) in [6, 6.07) is 9.74. The van der Waals surface area contributed by atoms with Crippen LogP contribution in [0.25, 0.3) is 5.57 Å². The van der Waals surface area contributed by atoms with Gasteiger partial charge in [-0.3, -0.25) is 14.5 Å². The fraction of sp³-hybridized carbons (Fsp3) is 0.250. The van der Waals surface area contributed by atoms with Gasteiger partial charge in [0, 0.05) is 17.5 Å². The van der Waals surface area contributed by atoms with E-state index >= 15 is 0 Å². The maximum absolute atomic E-state index is 12.5. The van der Waals surface area contributed by atoms with Crippen LogP contribution in [0.5, 0.6) is 0 Å². The summed E-state index contributed by atoms with van der Waals surface area (Å²) in [6.07, 6.45) is 3.88. The van der Waals surface area contributed by atoms with Crippen molar-refractivity contribution < 1.29 is 9.59 Å². The first kappa shape index (κ1) is 16.1. The second kappa shape index (κ2) is 5.56. The fourth-order valence-corrected chi connectivity index (χ4v) is 4.43. The third-order valence-corrected chi connectivity index (χ3v) is 5.58. The first-order valence-corrected chi connectivity index (χ1v) is 9.16. The number of carbonyl (C=O) groups excluding carboxylic acids is 2. The number of anilines is 1. The zero-order chi connectivity index (χ0) is 17.8. The first-order chi connectivity index (χ1) is 11.9. The summed E-state index contributed by atoms with van der Waals surface area (Å²) in [6.45, 7) is 5.91. The van der Waals surface area contributed by atoms with E-state index in [1.807, 2.05) is 45.0 Å². The highest BCUT2D eigenvalue weighted by Crippen LogP contribution is 2.46. The van der Waals surface area contributed by atoms with Crippen LogP contribution in [-0.4, -0.2) is 28.0 Å². The zero-order valence-corrected chi connectivity index (χ0v) is 15.2. The second-order valence-electron chi connectivity index (χ2n) is 6.96. The molecule has 3 heterocycles. The number of thioether (sulfide) groups is 1. The van der Waals surface area contributed by atoms with Crippen molar-refractivity contribution in [1.29, 1.82) is 0 Å². The van der Waals surface area contributed by atoms with Crippen molar-refractivity contribution in [2.24, 2.45) is 0 Å². The molecule has 4 rings (SSSR count). The van der Waals surface area contributed by atoms with Crippen LogP contribution < -0.4 is 4.90 Å². The topological polar surface area (TPSA) is 50.3 Å². The van der Waals surface area contributed by atoms with E-state index in [0.29, 0.717) is 5.56 Å². The van der Waals surface area contributed by atoms with Crippen LogP contribution in [0.15, 0.2) is 47.6 Å². The summed E-state index contributed by atoms with van der Waals surface area (Å²) in [5.41, 5.74) is 3.88. The Morgan fingerprint density at radius 1 is 1.16 bits per heavy atom. The molecule has 5 heteroatoms. The second-order valence-corrected chi connectivity index (χ2v) is 7.95. The predicted octanol–water partition coefficient (Wildman–Crippen LogP) is 3.89. The normalized spacial score (nSPS) is 17.6. The molecule has 1 aromatic carbocycles. The molecular formula is C20H18N2O2S. The highest BCUT2D eigenvalue weighted by molar-refractivity contribution is 7.99. The minimum Gasteiger partial charge on any atom is -0.295 e. The Morgan fingerprint density at radius 2 is 1.92 bits per heavy atom. The van der Waals surface area contributed by atoms with Gasteiger partial charge in [-0.25, -0.2) is 4.98 Å². The largest absolute Gasteiger partial charge is 0.300 e.